The van der Waals surface area contributed by atoms with E-state index in [0.29, 0.717) is 59.0 Å². The maximum absolute atomic E-state index is 12.5. The van der Waals surface area contributed by atoms with Gasteiger partial charge in [0.15, 0.2) is 5.43 Å². The fraction of sp³-hybridized carbons (Fsp3) is 0.375. The van der Waals surface area contributed by atoms with Crippen LogP contribution in [0.4, 0.5) is 0 Å². The van der Waals surface area contributed by atoms with Crippen molar-refractivity contribution < 1.29 is 24.1 Å². The first-order chi connectivity index (χ1) is 15.9. The lowest BCUT2D eigenvalue weighted by Crippen LogP contribution is -2.28. The number of ether oxygens (including phenoxy) is 3. The van der Waals surface area contributed by atoms with Crippen LogP contribution in [0.2, 0.25) is 5.02 Å². The number of carboxylic acid groups (broad SMARTS) is 1. The topological polar surface area (TPSA) is 99.3 Å². The lowest BCUT2D eigenvalue weighted by atomic mass is 10.0. The van der Waals surface area contributed by atoms with Gasteiger partial charge in [-0.2, -0.15) is 0 Å². The molecule has 8 nitrogen and oxygen atoms in total. The summed E-state index contributed by atoms with van der Waals surface area (Å²) in [7, 11) is 1.62. The highest BCUT2D eigenvalue weighted by atomic mass is 35.5. The minimum atomic E-state index is -1.30. The number of hydrogen-bond acceptors (Lipinski definition) is 6. The number of rotatable bonds is 9. The van der Waals surface area contributed by atoms with E-state index in [2.05, 4.69) is 4.99 Å². The van der Waals surface area contributed by atoms with Gasteiger partial charge < -0.3 is 23.9 Å². The van der Waals surface area contributed by atoms with Gasteiger partial charge in [0.2, 0.25) is 6.23 Å². The first-order valence-electron chi connectivity index (χ1n) is 10.7. The summed E-state index contributed by atoms with van der Waals surface area (Å²) in [4.78, 5) is 28.7. The standard InChI is InChI=1S/C24H25ClN2O6/c1-3-18(26-12-14-5-6-14)23-27-13-16(24(29)30)20(28)10-19(27)15-9-17(25)22(11-21(15)33-23)32-8-4-7-31-2/h3,9-14,23H,4-8H2,1-2H3,(H,29,30)/b18-3-,26-12?. The second-order valence-corrected chi connectivity index (χ2v) is 8.33. The fourth-order valence-electron chi connectivity index (χ4n) is 3.55. The predicted molar refractivity (Wildman–Crippen MR) is 125 cm³/mol. The summed E-state index contributed by atoms with van der Waals surface area (Å²) < 4.78 is 18.7. The Morgan fingerprint density at radius 1 is 1.33 bits per heavy atom. The zero-order chi connectivity index (χ0) is 23.5. The molecule has 9 heteroatoms. The number of aromatic carboxylic acids is 1. The van der Waals surface area contributed by atoms with E-state index in [4.69, 9.17) is 25.8 Å². The van der Waals surface area contributed by atoms with E-state index < -0.39 is 17.6 Å². The Morgan fingerprint density at radius 3 is 2.79 bits per heavy atom. The Hall–Kier alpha value is -3.10. The predicted octanol–water partition coefficient (Wildman–Crippen LogP) is 4.56. The number of nitrogens with zero attached hydrogens (tertiary/aromatic N) is 2. The molecule has 0 bridgehead atoms. The molecule has 2 aromatic rings. The van der Waals surface area contributed by atoms with E-state index >= 15 is 0 Å². The van der Waals surface area contributed by atoms with Crippen molar-refractivity contribution in [3.8, 4) is 22.8 Å². The van der Waals surface area contributed by atoms with Gasteiger partial charge in [-0.25, -0.2) is 4.79 Å². The van der Waals surface area contributed by atoms with Gasteiger partial charge in [-0.3, -0.25) is 9.79 Å². The summed E-state index contributed by atoms with van der Waals surface area (Å²) >= 11 is 6.45. The van der Waals surface area contributed by atoms with Crippen LogP contribution in [0.25, 0.3) is 11.3 Å². The number of carboxylic acids is 1. The third kappa shape index (κ3) is 4.96. The lowest BCUT2D eigenvalue weighted by Gasteiger charge is -2.32. The Labute approximate surface area is 196 Å². The van der Waals surface area contributed by atoms with Crippen molar-refractivity contribution in [3.05, 3.63) is 57.0 Å². The van der Waals surface area contributed by atoms with Gasteiger partial charge in [-0.05, 0) is 31.7 Å². The second-order valence-electron chi connectivity index (χ2n) is 7.92. The van der Waals surface area contributed by atoms with Crippen LogP contribution in [0.3, 0.4) is 0 Å². The Morgan fingerprint density at radius 2 is 2.12 bits per heavy atom. The van der Waals surface area contributed by atoms with Crippen LogP contribution < -0.4 is 14.9 Å². The fourth-order valence-corrected chi connectivity index (χ4v) is 3.76. The van der Waals surface area contributed by atoms with Crippen LogP contribution in [-0.2, 0) is 4.74 Å². The number of carbonyl (C=O) groups is 1. The first kappa shape index (κ1) is 23.1. The SMILES string of the molecule is C/C=C(\N=CC1CC1)C1Oc2cc(OCCCOC)c(Cl)cc2-c2cc(=O)c(C(=O)O)cn21. The van der Waals surface area contributed by atoms with E-state index in [0.717, 1.165) is 12.8 Å². The molecular weight excluding hydrogens is 448 g/mol. The van der Waals surface area contributed by atoms with Gasteiger partial charge in [0.05, 0.1) is 23.0 Å². The van der Waals surface area contributed by atoms with Gasteiger partial charge in [0.1, 0.15) is 17.1 Å². The summed E-state index contributed by atoms with van der Waals surface area (Å²) in [5.41, 5.74) is 0.717. The van der Waals surface area contributed by atoms with Crippen molar-refractivity contribution in [2.45, 2.75) is 32.4 Å². The molecule has 0 saturated heterocycles. The molecule has 1 unspecified atom stereocenters. The third-order valence-corrected chi connectivity index (χ3v) is 5.76. The van der Waals surface area contributed by atoms with Gasteiger partial charge in [-0.1, -0.05) is 17.7 Å². The van der Waals surface area contributed by atoms with Crippen molar-refractivity contribution >= 4 is 23.8 Å². The molecule has 0 spiro atoms. The molecule has 4 rings (SSSR count). The van der Waals surface area contributed by atoms with Gasteiger partial charge in [-0.15, -0.1) is 0 Å². The van der Waals surface area contributed by atoms with Gasteiger partial charge >= 0.3 is 5.97 Å². The minimum absolute atomic E-state index is 0.346. The number of halogens is 1. The number of methoxy groups -OCH3 is 1. The molecule has 174 valence electrons. The van der Waals surface area contributed by atoms with Gasteiger partial charge in [0.25, 0.3) is 0 Å². The monoisotopic (exact) mass is 472 g/mol. The van der Waals surface area contributed by atoms with Crippen LogP contribution in [0.15, 0.2) is 46.0 Å². The molecule has 1 atom stereocenters. The van der Waals surface area contributed by atoms with Crippen LogP contribution in [0.5, 0.6) is 11.5 Å². The molecule has 0 radical (unpaired) electrons. The number of hydrogen-bond donors (Lipinski definition) is 1. The summed E-state index contributed by atoms with van der Waals surface area (Å²) in [6.45, 7) is 2.82. The summed E-state index contributed by atoms with van der Waals surface area (Å²) in [6.07, 6.45) is 7.14. The molecule has 0 amide bonds. The van der Waals surface area contributed by atoms with Crippen molar-refractivity contribution in [1.29, 1.82) is 0 Å². The number of allylic oxidation sites excluding steroid dienone is 1. The van der Waals surface area contributed by atoms with Crippen molar-refractivity contribution in [3.63, 3.8) is 0 Å². The van der Waals surface area contributed by atoms with Crippen LogP contribution in [-0.4, -0.2) is 42.2 Å². The maximum atomic E-state index is 12.5. The minimum Gasteiger partial charge on any atom is -0.492 e. The molecule has 1 saturated carbocycles. The molecule has 1 N–H and O–H groups in total. The molecule has 33 heavy (non-hydrogen) atoms. The average Bonchev–Trinajstić information content (AvgIpc) is 3.61. The molecule has 1 aromatic heterocycles. The Kier molecular flexibility index (Phi) is 6.85. The van der Waals surface area contributed by atoms with Crippen molar-refractivity contribution in [2.75, 3.05) is 20.3 Å². The third-order valence-electron chi connectivity index (χ3n) is 5.47. The molecule has 2 aliphatic rings. The molecule has 1 fully saturated rings. The molecule has 1 aliphatic heterocycles. The Balaban J connectivity index is 1.79. The summed E-state index contributed by atoms with van der Waals surface area (Å²) in [6, 6.07) is 4.65. The zero-order valence-corrected chi connectivity index (χ0v) is 19.2. The number of aliphatic imine (C=N–C) groups is 1. The number of fused-ring (bicyclic) bond motifs is 3. The van der Waals surface area contributed by atoms with E-state index in [1.807, 2.05) is 19.2 Å². The second kappa shape index (κ2) is 9.80. The highest BCUT2D eigenvalue weighted by Crippen LogP contribution is 2.45. The normalized spacial score (nSPS) is 17.4. The highest BCUT2D eigenvalue weighted by Gasteiger charge is 2.31. The van der Waals surface area contributed by atoms with E-state index in [1.165, 1.54) is 12.3 Å². The zero-order valence-electron chi connectivity index (χ0n) is 18.4. The van der Waals surface area contributed by atoms with Crippen LogP contribution in [0, 0.1) is 5.92 Å². The summed E-state index contributed by atoms with van der Waals surface area (Å²) in [5, 5.41) is 9.84. The lowest BCUT2D eigenvalue weighted by molar-refractivity contribution is 0.0693. The van der Waals surface area contributed by atoms with E-state index in [9.17, 15) is 14.7 Å². The number of benzene rings is 1. The Bertz CT molecular complexity index is 1180. The maximum Gasteiger partial charge on any atom is 0.341 e. The van der Waals surface area contributed by atoms with E-state index in [1.54, 1.807) is 23.8 Å². The highest BCUT2D eigenvalue weighted by molar-refractivity contribution is 6.32. The van der Waals surface area contributed by atoms with Crippen molar-refractivity contribution in [1.82, 2.24) is 4.57 Å². The summed E-state index contributed by atoms with van der Waals surface area (Å²) in [5.74, 6) is 0.0623. The van der Waals surface area contributed by atoms with Crippen LogP contribution in [0.1, 0.15) is 42.8 Å². The average molecular weight is 473 g/mol. The molecule has 2 heterocycles. The smallest absolute Gasteiger partial charge is 0.341 e. The van der Waals surface area contributed by atoms with E-state index in [-0.39, 0.29) is 5.56 Å². The van der Waals surface area contributed by atoms with Crippen molar-refractivity contribution in [2.24, 2.45) is 10.9 Å². The largest absolute Gasteiger partial charge is 0.492 e. The first-order valence-corrected chi connectivity index (χ1v) is 11.1. The molecule has 1 aliphatic carbocycles. The number of aromatic nitrogens is 1. The quantitative estimate of drug-likeness (QED) is 0.424. The molecule has 1 aromatic carbocycles. The number of pyridine rings is 1. The molecular formula is C24H25ClN2O6. The van der Waals surface area contributed by atoms with Gasteiger partial charge in [0, 0.05) is 50.2 Å². The van der Waals surface area contributed by atoms with Crippen LogP contribution >= 0.6 is 11.6 Å².